The first kappa shape index (κ1) is 14.5. The molecular formula is C13H16F3NO. The average molecular weight is 259 g/mol. The second-order valence-corrected chi connectivity index (χ2v) is 3.78. The number of carbonyl (C=O) groups is 1. The zero-order valence-corrected chi connectivity index (χ0v) is 10.5. The summed E-state index contributed by atoms with van der Waals surface area (Å²) < 4.78 is 39.0. The van der Waals surface area contributed by atoms with Crippen LogP contribution in [0.5, 0.6) is 0 Å². The van der Waals surface area contributed by atoms with Crippen molar-refractivity contribution in [3.63, 3.8) is 0 Å². The summed E-state index contributed by atoms with van der Waals surface area (Å²) in [6.07, 6.45) is 1.12. The summed E-state index contributed by atoms with van der Waals surface area (Å²) in [5, 5.41) is 0. The largest absolute Gasteiger partial charge is 0.338 e. The van der Waals surface area contributed by atoms with Crippen LogP contribution in [0.4, 0.5) is 13.2 Å². The maximum absolute atomic E-state index is 13.3. The van der Waals surface area contributed by atoms with Gasteiger partial charge in [0.15, 0.2) is 11.6 Å². The van der Waals surface area contributed by atoms with Crippen LogP contribution in [0, 0.1) is 17.5 Å². The zero-order chi connectivity index (χ0) is 13.7. The molecule has 0 atom stereocenters. The minimum atomic E-state index is -1.22. The van der Waals surface area contributed by atoms with E-state index in [2.05, 4.69) is 0 Å². The van der Waals surface area contributed by atoms with E-state index in [4.69, 9.17) is 0 Å². The first-order chi connectivity index (χ1) is 8.58. The van der Waals surface area contributed by atoms with Crippen LogP contribution in [0.3, 0.4) is 0 Å². The lowest BCUT2D eigenvalue weighted by Crippen LogP contribution is -2.24. The third-order valence-electron chi connectivity index (χ3n) is 2.60. The highest BCUT2D eigenvalue weighted by Gasteiger charge is 2.22. The van der Waals surface area contributed by atoms with Crippen molar-refractivity contribution in [2.45, 2.75) is 33.2 Å². The molecule has 0 radical (unpaired) electrons. The molecule has 0 aliphatic carbocycles. The molecule has 0 N–H and O–H groups in total. The van der Waals surface area contributed by atoms with Crippen molar-refractivity contribution in [1.29, 1.82) is 0 Å². The Morgan fingerprint density at radius 2 is 1.89 bits per heavy atom. The molecule has 1 heterocycles. The van der Waals surface area contributed by atoms with Gasteiger partial charge in [0, 0.05) is 31.1 Å². The number of hydrogen-bond acceptors (Lipinski definition) is 1. The highest BCUT2D eigenvalue weighted by molar-refractivity contribution is 5.78. The van der Waals surface area contributed by atoms with Crippen LogP contribution in [0.1, 0.15) is 32.3 Å². The van der Waals surface area contributed by atoms with Crippen LogP contribution in [0.2, 0.25) is 0 Å². The molecule has 18 heavy (non-hydrogen) atoms. The summed E-state index contributed by atoms with van der Waals surface area (Å²) in [6, 6.07) is 1.41. The predicted molar refractivity (Wildman–Crippen MR) is 62.3 cm³/mol. The lowest BCUT2D eigenvalue weighted by molar-refractivity contribution is -0.128. The minimum Gasteiger partial charge on any atom is -0.338 e. The van der Waals surface area contributed by atoms with Gasteiger partial charge in [0.25, 0.3) is 0 Å². The second kappa shape index (κ2) is 6.42. The normalized spacial score (nSPS) is 14.5. The quantitative estimate of drug-likeness (QED) is 0.746. The smallest absolute Gasteiger partial charge is 0.222 e. The van der Waals surface area contributed by atoms with E-state index in [0.29, 0.717) is 25.5 Å². The second-order valence-electron chi connectivity index (χ2n) is 3.78. The molecular weight excluding hydrogens is 243 g/mol. The van der Waals surface area contributed by atoms with Gasteiger partial charge in [0.05, 0.1) is 0 Å². The van der Waals surface area contributed by atoms with Crippen molar-refractivity contribution >= 4 is 5.91 Å². The van der Waals surface area contributed by atoms with Crippen molar-refractivity contribution < 1.29 is 18.0 Å². The molecule has 100 valence electrons. The van der Waals surface area contributed by atoms with Gasteiger partial charge in [-0.25, -0.2) is 13.2 Å². The third kappa shape index (κ3) is 3.24. The van der Waals surface area contributed by atoms with Crippen LogP contribution in [-0.4, -0.2) is 17.4 Å². The Morgan fingerprint density at radius 3 is 2.44 bits per heavy atom. The van der Waals surface area contributed by atoms with Gasteiger partial charge in [0.1, 0.15) is 5.82 Å². The van der Waals surface area contributed by atoms with E-state index in [9.17, 15) is 18.0 Å². The SMILES string of the molecule is CC.O=C1CCCN1Cc1cc(F)cc(F)c1F. The van der Waals surface area contributed by atoms with Crippen molar-refractivity contribution in [2.24, 2.45) is 0 Å². The molecule has 2 nitrogen and oxygen atoms in total. The monoisotopic (exact) mass is 259 g/mol. The first-order valence-corrected chi connectivity index (χ1v) is 5.99. The Balaban J connectivity index is 0.000000771. The van der Waals surface area contributed by atoms with Gasteiger partial charge in [-0.2, -0.15) is 0 Å². The fourth-order valence-corrected chi connectivity index (χ4v) is 1.80. The van der Waals surface area contributed by atoms with Gasteiger partial charge in [-0.15, -0.1) is 0 Å². The van der Waals surface area contributed by atoms with Gasteiger partial charge in [-0.1, -0.05) is 13.8 Å². The van der Waals surface area contributed by atoms with Gasteiger partial charge in [-0.05, 0) is 12.5 Å². The van der Waals surface area contributed by atoms with Crippen LogP contribution >= 0.6 is 0 Å². The molecule has 1 aliphatic heterocycles. The van der Waals surface area contributed by atoms with Crippen LogP contribution in [0.15, 0.2) is 12.1 Å². The first-order valence-electron chi connectivity index (χ1n) is 5.99. The van der Waals surface area contributed by atoms with Crippen molar-refractivity contribution in [2.75, 3.05) is 6.54 Å². The van der Waals surface area contributed by atoms with E-state index in [0.717, 1.165) is 6.07 Å². The average Bonchev–Trinajstić information content (AvgIpc) is 2.74. The van der Waals surface area contributed by atoms with Gasteiger partial charge in [-0.3, -0.25) is 4.79 Å². The summed E-state index contributed by atoms with van der Waals surface area (Å²) in [5.41, 5.74) is -0.118. The van der Waals surface area contributed by atoms with E-state index in [-0.39, 0.29) is 18.0 Å². The Kier molecular flexibility index (Phi) is 5.19. The maximum Gasteiger partial charge on any atom is 0.222 e. The molecule has 1 aliphatic rings. The summed E-state index contributed by atoms with van der Waals surface area (Å²) in [6.45, 7) is 4.44. The standard InChI is InChI=1S/C11H10F3NO.C2H6/c12-8-4-7(11(14)9(13)5-8)6-15-3-1-2-10(15)16;1-2/h4-5H,1-3,6H2;1-2H3. The fraction of sp³-hybridized carbons (Fsp3) is 0.462. The number of halogens is 3. The minimum absolute atomic E-state index is 0.0701. The number of carbonyl (C=O) groups excluding carboxylic acids is 1. The summed E-state index contributed by atoms with van der Waals surface area (Å²) in [7, 11) is 0. The molecule has 0 aromatic heterocycles. The zero-order valence-electron chi connectivity index (χ0n) is 10.5. The Morgan fingerprint density at radius 1 is 1.22 bits per heavy atom. The summed E-state index contributed by atoms with van der Waals surface area (Å²) in [5.74, 6) is -3.24. The molecule has 1 saturated heterocycles. The van der Waals surface area contributed by atoms with Crippen molar-refractivity contribution in [1.82, 2.24) is 4.90 Å². The lowest BCUT2D eigenvalue weighted by atomic mass is 10.2. The van der Waals surface area contributed by atoms with Gasteiger partial charge >= 0.3 is 0 Å². The molecule has 1 fully saturated rings. The number of likely N-dealkylation sites (tertiary alicyclic amines) is 1. The third-order valence-corrected chi connectivity index (χ3v) is 2.60. The molecule has 0 unspecified atom stereocenters. The summed E-state index contributed by atoms with van der Waals surface area (Å²) >= 11 is 0. The highest BCUT2D eigenvalue weighted by Crippen LogP contribution is 2.19. The number of nitrogens with zero attached hydrogens (tertiary/aromatic N) is 1. The fourth-order valence-electron chi connectivity index (χ4n) is 1.80. The molecule has 0 bridgehead atoms. The Labute approximate surface area is 104 Å². The molecule has 1 aromatic rings. The van der Waals surface area contributed by atoms with Crippen molar-refractivity contribution in [3.05, 3.63) is 35.1 Å². The predicted octanol–water partition coefficient (Wildman–Crippen LogP) is 3.25. The Bertz CT molecular complexity index is 434. The van der Waals surface area contributed by atoms with E-state index in [1.807, 2.05) is 13.8 Å². The number of benzene rings is 1. The number of hydrogen-bond donors (Lipinski definition) is 0. The number of amides is 1. The molecule has 1 amide bonds. The van der Waals surface area contributed by atoms with Crippen molar-refractivity contribution in [3.8, 4) is 0 Å². The molecule has 0 spiro atoms. The van der Waals surface area contributed by atoms with Gasteiger partial charge < -0.3 is 4.90 Å². The van der Waals surface area contributed by atoms with E-state index < -0.39 is 17.5 Å². The van der Waals surface area contributed by atoms with Gasteiger partial charge in [0.2, 0.25) is 5.91 Å². The molecule has 0 saturated carbocycles. The van der Waals surface area contributed by atoms with E-state index in [1.54, 1.807) is 0 Å². The van der Waals surface area contributed by atoms with Crippen LogP contribution < -0.4 is 0 Å². The van der Waals surface area contributed by atoms with Crippen LogP contribution in [-0.2, 0) is 11.3 Å². The van der Waals surface area contributed by atoms with Crippen LogP contribution in [0.25, 0.3) is 0 Å². The molecule has 1 aromatic carbocycles. The lowest BCUT2D eigenvalue weighted by Gasteiger charge is -2.16. The molecule has 5 heteroatoms. The van der Waals surface area contributed by atoms with E-state index in [1.165, 1.54) is 4.90 Å². The Hall–Kier alpha value is -1.52. The highest BCUT2D eigenvalue weighted by atomic mass is 19.2. The summed E-state index contributed by atoms with van der Waals surface area (Å²) in [4.78, 5) is 12.7. The topological polar surface area (TPSA) is 20.3 Å². The molecule has 2 rings (SSSR count). The van der Waals surface area contributed by atoms with E-state index >= 15 is 0 Å². The maximum atomic E-state index is 13.3. The number of rotatable bonds is 2.